The van der Waals surface area contributed by atoms with E-state index in [-0.39, 0.29) is 19.8 Å². The third kappa shape index (κ3) is 3.80. The molecule has 0 saturated carbocycles. The van der Waals surface area contributed by atoms with E-state index < -0.39 is 17.6 Å². The zero-order valence-corrected chi connectivity index (χ0v) is 15.8. The highest BCUT2D eigenvalue weighted by atomic mass is 35.5. The van der Waals surface area contributed by atoms with E-state index in [1.807, 2.05) is 6.92 Å². The number of nitrogens with one attached hydrogen (secondary N) is 1. The summed E-state index contributed by atoms with van der Waals surface area (Å²) in [5.74, 6) is -1.56. The molecule has 26 heavy (non-hydrogen) atoms. The lowest BCUT2D eigenvalue weighted by Gasteiger charge is -2.15. The maximum atomic E-state index is 13.9. The molecule has 1 N–H and O–H groups in total. The summed E-state index contributed by atoms with van der Waals surface area (Å²) in [4.78, 5) is 25.0. The van der Waals surface area contributed by atoms with Crippen molar-refractivity contribution in [2.24, 2.45) is 0 Å². The molecule has 1 saturated heterocycles. The standard InChI is InChI=1S/C18H12ClFN2O2S2/c1-10-5-7-11(8-6-10)16(23)21-22-17(24)15(26-18(22)25)9-12-13(19)3-2-4-14(12)20/h2-9H,1H3,(H,21,23)/b15-9+. The minimum absolute atomic E-state index is 0.0968. The van der Waals surface area contributed by atoms with Crippen LogP contribution in [-0.2, 0) is 4.79 Å². The summed E-state index contributed by atoms with van der Waals surface area (Å²) in [6.45, 7) is 1.91. The van der Waals surface area contributed by atoms with E-state index in [0.29, 0.717) is 5.56 Å². The second-order valence-corrected chi connectivity index (χ2v) is 7.54. The second kappa shape index (κ2) is 7.57. The molecular weight excluding hydrogens is 395 g/mol. The Labute approximate surface area is 164 Å². The number of halogens is 2. The van der Waals surface area contributed by atoms with Gasteiger partial charge in [-0.15, -0.1) is 0 Å². The molecule has 0 bridgehead atoms. The molecule has 1 aliphatic heterocycles. The Morgan fingerprint density at radius 1 is 1.27 bits per heavy atom. The Hall–Kier alpha value is -2.22. The molecule has 2 amide bonds. The summed E-state index contributed by atoms with van der Waals surface area (Å²) in [6, 6.07) is 11.1. The van der Waals surface area contributed by atoms with Gasteiger partial charge in [0.1, 0.15) is 5.82 Å². The number of hydrogen-bond acceptors (Lipinski definition) is 4. The molecule has 1 aliphatic rings. The van der Waals surface area contributed by atoms with Gasteiger partial charge in [0.25, 0.3) is 11.8 Å². The SMILES string of the molecule is Cc1ccc(C(=O)NN2C(=O)/C(=C\c3c(F)cccc3Cl)SC2=S)cc1. The number of thioether (sulfide) groups is 1. The van der Waals surface area contributed by atoms with Crippen molar-refractivity contribution in [1.82, 2.24) is 10.4 Å². The van der Waals surface area contributed by atoms with Crippen LogP contribution in [0.25, 0.3) is 6.08 Å². The number of rotatable bonds is 3. The van der Waals surface area contributed by atoms with Gasteiger partial charge in [0.15, 0.2) is 4.32 Å². The molecule has 2 aromatic rings. The van der Waals surface area contributed by atoms with Gasteiger partial charge in [0.2, 0.25) is 0 Å². The fourth-order valence-electron chi connectivity index (χ4n) is 2.21. The molecule has 0 atom stereocenters. The number of carbonyl (C=O) groups is 2. The van der Waals surface area contributed by atoms with Crippen LogP contribution in [0.4, 0.5) is 4.39 Å². The predicted octanol–water partition coefficient (Wildman–Crippen LogP) is 4.33. The largest absolute Gasteiger partial charge is 0.285 e. The van der Waals surface area contributed by atoms with Gasteiger partial charge >= 0.3 is 0 Å². The molecule has 3 rings (SSSR count). The van der Waals surface area contributed by atoms with E-state index >= 15 is 0 Å². The molecule has 0 unspecified atom stereocenters. The van der Waals surface area contributed by atoms with Crippen LogP contribution in [0, 0.1) is 12.7 Å². The number of thiocarbonyl (C=S) groups is 1. The van der Waals surface area contributed by atoms with Crippen LogP contribution in [-0.4, -0.2) is 21.1 Å². The minimum Gasteiger partial charge on any atom is -0.267 e. The van der Waals surface area contributed by atoms with E-state index in [4.69, 9.17) is 23.8 Å². The summed E-state index contributed by atoms with van der Waals surface area (Å²) in [6.07, 6.45) is 1.33. The highest BCUT2D eigenvalue weighted by molar-refractivity contribution is 8.26. The van der Waals surface area contributed by atoms with E-state index in [1.165, 1.54) is 24.3 Å². The van der Waals surface area contributed by atoms with E-state index in [2.05, 4.69) is 5.43 Å². The number of hydrogen-bond donors (Lipinski definition) is 1. The van der Waals surface area contributed by atoms with Gasteiger partial charge < -0.3 is 0 Å². The smallest absolute Gasteiger partial charge is 0.267 e. The quantitative estimate of drug-likeness (QED) is 0.608. The van der Waals surface area contributed by atoms with Crippen molar-refractivity contribution < 1.29 is 14.0 Å². The van der Waals surface area contributed by atoms with Crippen LogP contribution < -0.4 is 5.43 Å². The van der Waals surface area contributed by atoms with Gasteiger partial charge in [-0.25, -0.2) is 4.39 Å². The number of nitrogens with zero attached hydrogens (tertiary/aromatic N) is 1. The van der Waals surface area contributed by atoms with Gasteiger partial charge in [-0.2, -0.15) is 5.01 Å². The van der Waals surface area contributed by atoms with Crippen molar-refractivity contribution in [2.75, 3.05) is 0 Å². The highest BCUT2D eigenvalue weighted by Gasteiger charge is 2.34. The lowest BCUT2D eigenvalue weighted by Crippen LogP contribution is -2.44. The molecule has 0 radical (unpaired) electrons. The Morgan fingerprint density at radius 2 is 1.96 bits per heavy atom. The van der Waals surface area contributed by atoms with Crippen molar-refractivity contribution >= 4 is 57.8 Å². The van der Waals surface area contributed by atoms with E-state index in [9.17, 15) is 14.0 Å². The zero-order chi connectivity index (χ0) is 18.8. The molecule has 4 nitrogen and oxygen atoms in total. The van der Waals surface area contributed by atoms with Gasteiger partial charge in [-0.1, -0.05) is 47.1 Å². The van der Waals surface area contributed by atoms with Crippen LogP contribution >= 0.6 is 35.6 Å². The molecule has 8 heteroatoms. The summed E-state index contributed by atoms with van der Waals surface area (Å²) in [7, 11) is 0. The molecule has 1 fully saturated rings. The third-order valence-electron chi connectivity index (χ3n) is 3.60. The van der Waals surface area contributed by atoms with Crippen LogP contribution in [0.15, 0.2) is 47.4 Å². The molecule has 0 spiro atoms. The van der Waals surface area contributed by atoms with Crippen molar-refractivity contribution in [2.45, 2.75) is 6.92 Å². The first kappa shape index (κ1) is 18.6. The van der Waals surface area contributed by atoms with Gasteiger partial charge in [-0.05, 0) is 49.5 Å². The fourth-order valence-corrected chi connectivity index (χ4v) is 3.59. The lowest BCUT2D eigenvalue weighted by molar-refractivity contribution is -0.123. The summed E-state index contributed by atoms with van der Waals surface area (Å²) >= 11 is 12.1. The van der Waals surface area contributed by atoms with E-state index in [0.717, 1.165) is 22.3 Å². The molecule has 2 aromatic carbocycles. The number of amides is 2. The first-order chi connectivity index (χ1) is 12.4. The topological polar surface area (TPSA) is 49.4 Å². The Morgan fingerprint density at radius 3 is 2.62 bits per heavy atom. The van der Waals surface area contributed by atoms with Gasteiger partial charge in [0.05, 0.1) is 9.93 Å². The third-order valence-corrected chi connectivity index (χ3v) is 5.23. The Bertz CT molecular complexity index is 924. The van der Waals surface area contributed by atoms with Crippen LogP contribution in [0.2, 0.25) is 5.02 Å². The number of carbonyl (C=O) groups excluding carboxylic acids is 2. The molecule has 1 heterocycles. The summed E-state index contributed by atoms with van der Waals surface area (Å²) in [5, 5.41) is 1.15. The van der Waals surface area contributed by atoms with Crippen molar-refractivity contribution in [1.29, 1.82) is 0 Å². The maximum absolute atomic E-state index is 13.9. The molecular formula is C18H12ClFN2O2S2. The van der Waals surface area contributed by atoms with Crippen molar-refractivity contribution in [3.63, 3.8) is 0 Å². The minimum atomic E-state index is -0.550. The maximum Gasteiger partial charge on any atom is 0.285 e. The fraction of sp³-hybridized carbons (Fsp3) is 0.0556. The number of aryl methyl sites for hydroxylation is 1. The van der Waals surface area contributed by atoms with Crippen molar-refractivity contribution in [3.8, 4) is 0 Å². The lowest BCUT2D eigenvalue weighted by atomic mass is 10.1. The molecule has 0 aliphatic carbocycles. The Balaban J connectivity index is 1.82. The van der Waals surface area contributed by atoms with Crippen LogP contribution in [0.3, 0.4) is 0 Å². The highest BCUT2D eigenvalue weighted by Crippen LogP contribution is 2.33. The Kier molecular flexibility index (Phi) is 5.41. The normalized spacial score (nSPS) is 15.7. The van der Waals surface area contributed by atoms with E-state index in [1.54, 1.807) is 24.3 Å². The first-order valence-corrected chi connectivity index (χ1v) is 9.06. The number of hydrazine groups is 1. The molecule has 0 aromatic heterocycles. The van der Waals surface area contributed by atoms with Crippen LogP contribution in [0.5, 0.6) is 0 Å². The average Bonchev–Trinajstić information content (AvgIpc) is 2.86. The van der Waals surface area contributed by atoms with Gasteiger partial charge in [0, 0.05) is 11.1 Å². The van der Waals surface area contributed by atoms with Crippen LogP contribution in [0.1, 0.15) is 21.5 Å². The monoisotopic (exact) mass is 406 g/mol. The second-order valence-electron chi connectivity index (χ2n) is 5.46. The predicted molar refractivity (Wildman–Crippen MR) is 105 cm³/mol. The van der Waals surface area contributed by atoms with Gasteiger partial charge in [-0.3, -0.25) is 15.0 Å². The van der Waals surface area contributed by atoms with Crippen molar-refractivity contribution in [3.05, 3.63) is 74.9 Å². The average molecular weight is 407 g/mol. The molecule has 132 valence electrons. The zero-order valence-electron chi connectivity index (χ0n) is 13.5. The summed E-state index contributed by atoms with van der Waals surface area (Å²) in [5.41, 5.74) is 3.98. The number of benzene rings is 2. The summed E-state index contributed by atoms with van der Waals surface area (Å²) < 4.78 is 14.1. The first-order valence-electron chi connectivity index (χ1n) is 7.46.